The van der Waals surface area contributed by atoms with E-state index in [2.05, 4.69) is 15.2 Å². The number of sulfonamides is 1. The number of rotatable bonds is 7. The fourth-order valence-corrected chi connectivity index (χ4v) is 3.78. The molecule has 144 valence electrons. The van der Waals surface area contributed by atoms with Crippen LogP contribution in [0.1, 0.15) is 30.5 Å². The Balaban J connectivity index is 2.09. The van der Waals surface area contributed by atoms with E-state index in [9.17, 15) is 13.2 Å². The summed E-state index contributed by atoms with van der Waals surface area (Å²) < 4.78 is 27.6. The molecule has 0 heterocycles. The van der Waals surface area contributed by atoms with E-state index in [0.29, 0.717) is 0 Å². The molecule has 2 N–H and O–H groups in total. The zero-order valence-corrected chi connectivity index (χ0v) is 16.7. The van der Waals surface area contributed by atoms with Gasteiger partial charge in [0.25, 0.3) is 5.91 Å². The fourth-order valence-electron chi connectivity index (χ4n) is 2.44. The average molecular weight is 388 g/mol. The number of aryl methyl sites for hydroxylation is 2. The lowest BCUT2D eigenvalue weighted by atomic mass is 10.1. The van der Waals surface area contributed by atoms with Crippen LogP contribution in [0, 0.1) is 19.8 Å². The second kappa shape index (κ2) is 8.92. The van der Waals surface area contributed by atoms with E-state index in [-0.39, 0.29) is 10.8 Å². The Labute approximate surface area is 160 Å². The lowest BCUT2D eigenvalue weighted by molar-refractivity contribution is -0.123. The predicted octanol–water partition coefficient (Wildman–Crippen LogP) is 2.76. The van der Waals surface area contributed by atoms with Crippen LogP contribution in [-0.4, -0.2) is 26.6 Å². The number of nitrogens with one attached hydrogen (secondary N) is 2. The normalized spacial score (nSPS) is 13.1. The van der Waals surface area contributed by atoms with Gasteiger partial charge in [-0.15, -0.1) is 0 Å². The van der Waals surface area contributed by atoms with Gasteiger partial charge in [-0.3, -0.25) is 4.79 Å². The van der Waals surface area contributed by atoms with Crippen molar-refractivity contribution in [1.82, 2.24) is 10.1 Å². The third-order valence-electron chi connectivity index (χ3n) is 3.99. The highest BCUT2D eigenvalue weighted by Crippen LogP contribution is 2.13. The standard InChI is InChI=1S/C20H25N3O3S/c1-14(2)19(23-27(25,26)18-10-8-15(3)9-11-18)20(24)22-21-13-17-7-5-6-16(4)12-17/h5-14,19,23H,1-4H3,(H,22,24)/b21-13-/t19-/m0/s1. The first-order valence-corrected chi connectivity index (χ1v) is 10.2. The van der Waals surface area contributed by atoms with Crippen molar-refractivity contribution in [3.63, 3.8) is 0 Å². The van der Waals surface area contributed by atoms with Crippen LogP contribution >= 0.6 is 0 Å². The van der Waals surface area contributed by atoms with Gasteiger partial charge < -0.3 is 0 Å². The Bertz CT molecular complexity index is 920. The maximum Gasteiger partial charge on any atom is 0.258 e. The van der Waals surface area contributed by atoms with Crippen molar-refractivity contribution in [1.29, 1.82) is 0 Å². The van der Waals surface area contributed by atoms with Gasteiger partial charge in [-0.25, -0.2) is 13.8 Å². The molecule has 2 aromatic rings. The molecule has 0 saturated heterocycles. The first-order chi connectivity index (χ1) is 12.7. The molecule has 27 heavy (non-hydrogen) atoms. The number of hydrogen-bond acceptors (Lipinski definition) is 4. The topological polar surface area (TPSA) is 87.6 Å². The molecule has 0 aliphatic carbocycles. The number of carbonyl (C=O) groups is 1. The SMILES string of the molecule is Cc1ccc(S(=O)(=O)N[C@H](C(=O)N/N=C\c2cccc(C)c2)C(C)C)cc1. The highest BCUT2D eigenvalue weighted by molar-refractivity contribution is 7.89. The van der Waals surface area contributed by atoms with E-state index >= 15 is 0 Å². The monoisotopic (exact) mass is 387 g/mol. The van der Waals surface area contributed by atoms with Gasteiger partial charge in [0, 0.05) is 0 Å². The molecular formula is C20H25N3O3S. The molecule has 0 spiro atoms. The van der Waals surface area contributed by atoms with Crippen LogP contribution in [0.5, 0.6) is 0 Å². The molecule has 7 heteroatoms. The number of carbonyl (C=O) groups excluding carboxylic acids is 1. The third kappa shape index (κ3) is 6.01. The zero-order valence-electron chi connectivity index (χ0n) is 15.9. The lowest BCUT2D eigenvalue weighted by Gasteiger charge is -2.20. The summed E-state index contributed by atoms with van der Waals surface area (Å²) in [5.41, 5.74) is 5.30. The molecule has 0 aromatic heterocycles. The summed E-state index contributed by atoms with van der Waals surface area (Å²) in [5, 5.41) is 3.94. The second-order valence-corrected chi connectivity index (χ2v) is 8.52. The van der Waals surface area contributed by atoms with Crippen molar-refractivity contribution in [2.24, 2.45) is 11.0 Å². The van der Waals surface area contributed by atoms with E-state index in [1.54, 1.807) is 26.0 Å². The fraction of sp³-hybridized carbons (Fsp3) is 0.300. The lowest BCUT2D eigenvalue weighted by Crippen LogP contribution is -2.48. The summed E-state index contributed by atoms with van der Waals surface area (Å²) in [5.74, 6) is -0.760. The number of hydrazone groups is 1. The minimum atomic E-state index is -3.81. The van der Waals surface area contributed by atoms with Crippen molar-refractivity contribution in [2.45, 2.75) is 38.6 Å². The van der Waals surface area contributed by atoms with E-state index in [1.807, 2.05) is 38.1 Å². The van der Waals surface area contributed by atoms with Gasteiger partial charge in [0.2, 0.25) is 10.0 Å². The van der Waals surface area contributed by atoms with Gasteiger partial charge in [0.15, 0.2) is 0 Å². The van der Waals surface area contributed by atoms with Crippen molar-refractivity contribution in [3.05, 3.63) is 65.2 Å². The van der Waals surface area contributed by atoms with Gasteiger partial charge in [-0.2, -0.15) is 9.82 Å². The Morgan fingerprint density at radius 1 is 1.04 bits per heavy atom. The Hall–Kier alpha value is -2.51. The molecule has 0 aliphatic rings. The van der Waals surface area contributed by atoms with Crippen molar-refractivity contribution in [3.8, 4) is 0 Å². The van der Waals surface area contributed by atoms with Crippen LogP contribution in [0.15, 0.2) is 58.5 Å². The largest absolute Gasteiger partial charge is 0.271 e. The Morgan fingerprint density at radius 2 is 1.70 bits per heavy atom. The average Bonchev–Trinajstić information content (AvgIpc) is 2.60. The minimum absolute atomic E-state index is 0.120. The van der Waals surface area contributed by atoms with Crippen molar-refractivity contribution < 1.29 is 13.2 Å². The van der Waals surface area contributed by atoms with Crippen molar-refractivity contribution in [2.75, 3.05) is 0 Å². The maximum absolute atomic E-state index is 12.6. The van der Waals surface area contributed by atoms with E-state index < -0.39 is 22.0 Å². The number of hydrogen-bond donors (Lipinski definition) is 2. The molecule has 0 saturated carbocycles. The van der Waals surface area contributed by atoms with Gasteiger partial charge >= 0.3 is 0 Å². The Kier molecular flexibility index (Phi) is 6.87. The molecule has 0 radical (unpaired) electrons. The molecule has 0 bridgehead atoms. The molecule has 0 fully saturated rings. The molecule has 1 atom stereocenters. The van der Waals surface area contributed by atoms with Gasteiger partial charge in [0.05, 0.1) is 11.1 Å². The van der Waals surface area contributed by atoms with E-state index in [4.69, 9.17) is 0 Å². The Morgan fingerprint density at radius 3 is 2.30 bits per heavy atom. The highest BCUT2D eigenvalue weighted by atomic mass is 32.2. The van der Waals surface area contributed by atoms with Crippen LogP contribution < -0.4 is 10.1 Å². The van der Waals surface area contributed by atoms with Gasteiger partial charge in [-0.1, -0.05) is 61.4 Å². The molecular weight excluding hydrogens is 362 g/mol. The van der Waals surface area contributed by atoms with Gasteiger partial charge in [-0.05, 0) is 37.5 Å². The van der Waals surface area contributed by atoms with Gasteiger partial charge in [0.1, 0.15) is 6.04 Å². The third-order valence-corrected chi connectivity index (χ3v) is 5.45. The van der Waals surface area contributed by atoms with E-state index in [0.717, 1.165) is 16.7 Å². The molecule has 0 unspecified atom stereocenters. The molecule has 2 rings (SSSR count). The number of amides is 1. The first kappa shape index (κ1) is 20.8. The van der Waals surface area contributed by atoms with E-state index in [1.165, 1.54) is 18.3 Å². The second-order valence-electron chi connectivity index (χ2n) is 6.80. The zero-order chi connectivity index (χ0) is 20.0. The first-order valence-electron chi connectivity index (χ1n) is 8.67. The van der Waals surface area contributed by atoms with Crippen molar-refractivity contribution >= 4 is 22.1 Å². The van der Waals surface area contributed by atoms with Crippen LogP contribution in [0.2, 0.25) is 0 Å². The summed E-state index contributed by atoms with van der Waals surface area (Å²) >= 11 is 0. The quantitative estimate of drug-likeness (QED) is 0.566. The number of nitrogens with zero attached hydrogens (tertiary/aromatic N) is 1. The van der Waals surface area contributed by atoms with Crippen LogP contribution in [-0.2, 0) is 14.8 Å². The summed E-state index contributed by atoms with van der Waals surface area (Å²) in [7, 11) is -3.81. The summed E-state index contributed by atoms with van der Waals surface area (Å²) in [6.07, 6.45) is 1.52. The summed E-state index contributed by atoms with van der Waals surface area (Å²) in [4.78, 5) is 12.6. The van der Waals surface area contributed by atoms with Crippen LogP contribution in [0.25, 0.3) is 0 Å². The molecule has 1 amide bonds. The maximum atomic E-state index is 12.6. The van der Waals surface area contributed by atoms with Crippen LogP contribution in [0.3, 0.4) is 0 Å². The smallest absolute Gasteiger partial charge is 0.258 e. The minimum Gasteiger partial charge on any atom is -0.271 e. The number of benzene rings is 2. The summed E-state index contributed by atoms with van der Waals surface area (Å²) in [6, 6.07) is 13.2. The summed E-state index contributed by atoms with van der Waals surface area (Å²) in [6.45, 7) is 7.38. The molecule has 2 aromatic carbocycles. The molecule has 6 nitrogen and oxygen atoms in total. The predicted molar refractivity (Wildman–Crippen MR) is 107 cm³/mol. The molecule has 0 aliphatic heterocycles. The van der Waals surface area contributed by atoms with Crippen LogP contribution in [0.4, 0.5) is 0 Å². The highest BCUT2D eigenvalue weighted by Gasteiger charge is 2.28.